The van der Waals surface area contributed by atoms with E-state index in [0.29, 0.717) is 24.0 Å². The number of benzene rings is 1. The van der Waals surface area contributed by atoms with E-state index in [2.05, 4.69) is 0 Å². The van der Waals surface area contributed by atoms with E-state index in [0.717, 1.165) is 12.8 Å². The van der Waals surface area contributed by atoms with Crippen LogP contribution >= 0.6 is 0 Å². The predicted octanol–water partition coefficient (Wildman–Crippen LogP) is 3.07. The van der Waals surface area contributed by atoms with E-state index in [4.69, 9.17) is 5.73 Å². The normalized spacial score (nSPS) is 27.2. The number of nitrogens with two attached hydrogens (primary N) is 1. The molecule has 1 amide bonds. The second-order valence-corrected chi connectivity index (χ2v) is 10.7. The van der Waals surface area contributed by atoms with Crippen LogP contribution in [0.25, 0.3) is 5.76 Å². The van der Waals surface area contributed by atoms with Gasteiger partial charge in [0.05, 0.1) is 5.56 Å². The van der Waals surface area contributed by atoms with Crippen molar-refractivity contribution in [2.24, 2.45) is 29.4 Å². The molecule has 0 heterocycles. The maximum absolute atomic E-state index is 13.8. The van der Waals surface area contributed by atoms with Crippen LogP contribution in [0.1, 0.15) is 74.4 Å². The van der Waals surface area contributed by atoms with Gasteiger partial charge in [0.1, 0.15) is 22.8 Å². The van der Waals surface area contributed by atoms with Gasteiger partial charge in [0.15, 0.2) is 17.2 Å². The highest BCUT2D eigenvalue weighted by molar-refractivity contribution is 6.23. The second kappa shape index (κ2) is 9.45. The van der Waals surface area contributed by atoms with Crippen LogP contribution in [0.15, 0.2) is 29.0 Å². The molecule has 0 radical (unpaired) electrons. The van der Waals surface area contributed by atoms with Crippen molar-refractivity contribution in [2.75, 3.05) is 0 Å². The van der Waals surface area contributed by atoms with Crippen molar-refractivity contribution in [3.05, 3.63) is 45.7 Å². The zero-order valence-electron chi connectivity index (χ0n) is 21.2. The Morgan fingerprint density at radius 2 is 1.81 bits per heavy atom. The molecule has 3 aliphatic carbocycles. The maximum atomic E-state index is 13.8. The number of carbonyl (C=O) groups is 4. The molecule has 1 fully saturated rings. The molecule has 0 bridgehead atoms. The first-order valence-electron chi connectivity index (χ1n) is 12.7. The van der Waals surface area contributed by atoms with Gasteiger partial charge in [-0.05, 0) is 48.8 Å². The Hall–Kier alpha value is -3.46. The Bertz CT molecular complexity index is 1270. The summed E-state index contributed by atoms with van der Waals surface area (Å²) >= 11 is 0. The van der Waals surface area contributed by atoms with Crippen LogP contribution in [0.3, 0.4) is 0 Å². The summed E-state index contributed by atoms with van der Waals surface area (Å²) in [6.45, 7) is 5.44. The summed E-state index contributed by atoms with van der Waals surface area (Å²) in [4.78, 5) is 52.1. The number of aliphatic hydroxyl groups excluding tert-OH is 2. The zero-order valence-corrected chi connectivity index (χ0v) is 21.2. The predicted molar refractivity (Wildman–Crippen MR) is 134 cm³/mol. The number of phenols is 1. The number of Topliss-reactive ketones (excluding diaryl/α,β-unsaturated/α-hetero) is 3. The van der Waals surface area contributed by atoms with Crippen LogP contribution in [-0.4, -0.2) is 49.3 Å². The number of primary amides is 1. The molecule has 4 atom stereocenters. The highest BCUT2D eigenvalue weighted by Crippen LogP contribution is 2.54. The van der Waals surface area contributed by atoms with Crippen LogP contribution in [-0.2, 0) is 20.8 Å². The molecule has 0 unspecified atom stereocenters. The average molecular weight is 512 g/mol. The van der Waals surface area contributed by atoms with Crippen molar-refractivity contribution < 1.29 is 39.6 Å². The highest BCUT2D eigenvalue weighted by Gasteiger charge is 2.64. The molecule has 4 rings (SSSR count). The first-order chi connectivity index (χ1) is 17.4. The third-order valence-electron chi connectivity index (χ3n) is 8.16. The lowest BCUT2D eigenvalue weighted by atomic mass is 9.54. The lowest BCUT2D eigenvalue weighted by molar-refractivity contribution is -0.155. The number of rotatable bonds is 7. The molecule has 0 saturated heterocycles. The fraction of sp³-hybridized carbons (Fsp3) is 0.500. The van der Waals surface area contributed by atoms with E-state index >= 15 is 0 Å². The number of phenolic OH excluding ortho intramolecular Hbond substituents is 1. The Labute approximate surface area is 214 Å². The monoisotopic (exact) mass is 511 g/mol. The summed E-state index contributed by atoms with van der Waals surface area (Å²) in [5, 5.41) is 44.3. The Morgan fingerprint density at radius 1 is 1.14 bits per heavy atom. The van der Waals surface area contributed by atoms with E-state index in [-0.39, 0.29) is 35.5 Å². The van der Waals surface area contributed by atoms with Crippen LogP contribution < -0.4 is 5.73 Å². The minimum atomic E-state index is -2.65. The van der Waals surface area contributed by atoms with Gasteiger partial charge in [-0.3, -0.25) is 19.2 Å². The molecule has 0 spiro atoms. The lowest BCUT2D eigenvalue weighted by Gasteiger charge is -2.50. The number of unbranched alkanes of at least 4 members (excludes halogenated alkanes) is 2. The Kier molecular flexibility index (Phi) is 6.79. The number of hydrogen-bond donors (Lipinski definition) is 5. The topological polar surface area (TPSA) is 175 Å². The molecule has 1 aromatic carbocycles. The van der Waals surface area contributed by atoms with Crippen molar-refractivity contribution >= 4 is 29.0 Å². The second-order valence-electron chi connectivity index (χ2n) is 10.7. The van der Waals surface area contributed by atoms with Crippen molar-refractivity contribution in [1.82, 2.24) is 0 Å². The lowest BCUT2D eigenvalue weighted by Crippen LogP contribution is -2.62. The summed E-state index contributed by atoms with van der Waals surface area (Å²) < 4.78 is 0. The fourth-order valence-corrected chi connectivity index (χ4v) is 6.42. The van der Waals surface area contributed by atoms with E-state index in [1.807, 2.05) is 6.92 Å². The smallest absolute Gasteiger partial charge is 0.255 e. The van der Waals surface area contributed by atoms with Gasteiger partial charge in [0.2, 0.25) is 5.78 Å². The summed E-state index contributed by atoms with van der Waals surface area (Å²) in [7, 11) is 0. The van der Waals surface area contributed by atoms with Gasteiger partial charge in [0, 0.05) is 29.4 Å². The van der Waals surface area contributed by atoms with Gasteiger partial charge in [-0.25, -0.2) is 0 Å². The van der Waals surface area contributed by atoms with Crippen molar-refractivity contribution in [1.29, 1.82) is 0 Å². The molecule has 0 aliphatic heterocycles. The third kappa shape index (κ3) is 3.87. The van der Waals surface area contributed by atoms with E-state index in [9.17, 15) is 39.6 Å². The number of aromatic hydroxyl groups is 1. The number of fused-ring (bicyclic) bond motifs is 3. The van der Waals surface area contributed by atoms with Crippen molar-refractivity contribution in [3.63, 3.8) is 0 Å². The number of aliphatic hydroxyl groups is 3. The number of hydrogen-bond acceptors (Lipinski definition) is 8. The molecule has 9 heteroatoms. The Balaban J connectivity index is 1.90. The van der Waals surface area contributed by atoms with Crippen molar-refractivity contribution in [3.8, 4) is 5.75 Å². The van der Waals surface area contributed by atoms with E-state index in [1.165, 1.54) is 12.1 Å². The molecule has 9 nitrogen and oxygen atoms in total. The molecule has 1 saturated carbocycles. The fourth-order valence-electron chi connectivity index (χ4n) is 6.42. The third-order valence-corrected chi connectivity index (χ3v) is 8.16. The quantitative estimate of drug-likeness (QED) is 0.211. The molecule has 1 aromatic rings. The molecule has 0 aromatic heterocycles. The van der Waals surface area contributed by atoms with Gasteiger partial charge < -0.3 is 26.2 Å². The molecular formula is C28H33NO8. The number of ketones is 3. The Morgan fingerprint density at radius 3 is 2.41 bits per heavy atom. The summed E-state index contributed by atoms with van der Waals surface area (Å²) in [5.74, 6) is -8.38. The summed E-state index contributed by atoms with van der Waals surface area (Å²) in [5.41, 5.74) is 2.36. The molecule has 3 aliphatic rings. The minimum absolute atomic E-state index is 0.0187. The largest absolute Gasteiger partial charge is 0.508 e. The average Bonchev–Trinajstić information content (AvgIpc) is 2.81. The molecular weight excluding hydrogens is 478 g/mol. The van der Waals surface area contributed by atoms with Gasteiger partial charge in [-0.15, -0.1) is 0 Å². The zero-order chi connectivity index (χ0) is 27.4. The molecule has 198 valence electrons. The van der Waals surface area contributed by atoms with Gasteiger partial charge >= 0.3 is 0 Å². The molecule has 37 heavy (non-hydrogen) atoms. The van der Waals surface area contributed by atoms with Crippen LogP contribution in [0.5, 0.6) is 5.75 Å². The maximum Gasteiger partial charge on any atom is 0.255 e. The SMILES string of the molecule is CCCCCC(=O)c1ccc(O)c2c1C[C@H]1C[C@H]3[C@H](C(C)C)C(=O)C(C(N)=O)=C(O)[C@@]3(O)C(=O)C1=C2O. The number of carbonyl (C=O) groups excluding carboxylic acids is 4. The van der Waals surface area contributed by atoms with Crippen LogP contribution in [0, 0.1) is 23.7 Å². The molecule has 6 N–H and O–H groups in total. The summed E-state index contributed by atoms with van der Waals surface area (Å²) in [6.07, 6.45) is 2.95. The van der Waals surface area contributed by atoms with Crippen LogP contribution in [0.4, 0.5) is 0 Å². The van der Waals surface area contributed by atoms with Crippen molar-refractivity contribution in [2.45, 2.75) is 64.9 Å². The highest BCUT2D eigenvalue weighted by atomic mass is 16.3. The number of amides is 1. The standard InChI is InChI=1S/C28H33NO8/c1-4-5-6-7-17(30)14-8-9-18(31)21-15(14)10-13-11-16-19(12(2)3)23(32)22(27(29)36)26(35)28(16,37)25(34)20(13)24(21)33/h8-9,12-13,16,19,31,33,35,37H,4-7,10-11H2,1-3H3,(H2,29,36)/t13-,16-,19-,28-/m0/s1. The van der Waals surface area contributed by atoms with Gasteiger partial charge in [-0.2, -0.15) is 0 Å². The van der Waals surface area contributed by atoms with E-state index < -0.39 is 63.8 Å². The first-order valence-corrected chi connectivity index (χ1v) is 12.7. The van der Waals surface area contributed by atoms with Gasteiger partial charge in [-0.1, -0.05) is 33.6 Å². The summed E-state index contributed by atoms with van der Waals surface area (Å²) in [6, 6.07) is 2.79. The first kappa shape index (κ1) is 26.6. The van der Waals surface area contributed by atoms with E-state index in [1.54, 1.807) is 13.8 Å². The van der Waals surface area contributed by atoms with Gasteiger partial charge in [0.25, 0.3) is 5.91 Å². The van der Waals surface area contributed by atoms with Crippen LogP contribution in [0.2, 0.25) is 0 Å². The minimum Gasteiger partial charge on any atom is -0.508 e.